The van der Waals surface area contributed by atoms with Gasteiger partial charge >= 0.3 is 12.0 Å². The molecule has 122 valence electrons. The lowest BCUT2D eigenvalue weighted by Gasteiger charge is -2.30. The minimum atomic E-state index is -0.853. The number of urea groups is 1. The number of rotatable bonds is 8. The zero-order valence-corrected chi connectivity index (χ0v) is 13.4. The Morgan fingerprint density at radius 1 is 1.24 bits per heavy atom. The van der Waals surface area contributed by atoms with Crippen LogP contribution in [0.4, 0.5) is 4.79 Å². The Morgan fingerprint density at radius 2 is 1.81 bits per heavy atom. The molecule has 2 amide bonds. The lowest BCUT2D eigenvalue weighted by molar-refractivity contribution is -0.138. The first-order chi connectivity index (χ1) is 9.90. The van der Waals surface area contributed by atoms with Crippen LogP contribution in [0.15, 0.2) is 0 Å². The molecule has 3 N–H and O–H groups in total. The second-order valence-corrected chi connectivity index (χ2v) is 6.04. The molecule has 1 fully saturated rings. The normalized spacial score (nSPS) is 18.5. The topological polar surface area (TPSA) is 81.7 Å². The van der Waals surface area contributed by atoms with E-state index in [4.69, 9.17) is 5.11 Å². The van der Waals surface area contributed by atoms with Crippen LogP contribution in [0, 0.1) is 0 Å². The van der Waals surface area contributed by atoms with Gasteiger partial charge in [-0.1, -0.05) is 26.7 Å². The van der Waals surface area contributed by atoms with Crippen molar-refractivity contribution in [1.82, 2.24) is 15.5 Å². The van der Waals surface area contributed by atoms with Crippen molar-refractivity contribution in [3.63, 3.8) is 0 Å². The van der Waals surface area contributed by atoms with E-state index >= 15 is 0 Å². The SMILES string of the molecule is CCN(CC)CC(C)NC(=O)NC1(CC(=O)O)CCCC1. The van der Waals surface area contributed by atoms with Crippen molar-refractivity contribution in [2.75, 3.05) is 19.6 Å². The largest absolute Gasteiger partial charge is 0.481 e. The van der Waals surface area contributed by atoms with Gasteiger partial charge in [-0.15, -0.1) is 0 Å². The Hall–Kier alpha value is -1.30. The number of nitrogens with one attached hydrogen (secondary N) is 2. The van der Waals surface area contributed by atoms with Gasteiger partial charge in [0.05, 0.1) is 12.0 Å². The highest BCUT2D eigenvalue weighted by molar-refractivity contribution is 5.77. The summed E-state index contributed by atoms with van der Waals surface area (Å²) in [5.74, 6) is -0.853. The lowest BCUT2D eigenvalue weighted by Crippen LogP contribution is -2.54. The van der Waals surface area contributed by atoms with Crippen LogP contribution < -0.4 is 10.6 Å². The van der Waals surface area contributed by atoms with E-state index in [0.29, 0.717) is 0 Å². The molecule has 6 heteroatoms. The maximum atomic E-state index is 12.1. The molecule has 21 heavy (non-hydrogen) atoms. The molecule has 1 atom stereocenters. The number of carbonyl (C=O) groups excluding carboxylic acids is 1. The number of likely N-dealkylation sites (N-methyl/N-ethyl adjacent to an activating group) is 1. The van der Waals surface area contributed by atoms with Crippen LogP contribution in [0.25, 0.3) is 0 Å². The third-order valence-corrected chi connectivity index (χ3v) is 4.23. The summed E-state index contributed by atoms with van der Waals surface area (Å²) in [5, 5.41) is 14.9. The number of nitrogens with zero attached hydrogens (tertiary/aromatic N) is 1. The fraction of sp³-hybridized carbons (Fsp3) is 0.867. The van der Waals surface area contributed by atoms with Gasteiger partial charge in [-0.2, -0.15) is 0 Å². The maximum Gasteiger partial charge on any atom is 0.315 e. The van der Waals surface area contributed by atoms with Crippen LogP contribution in [0.2, 0.25) is 0 Å². The Bertz CT molecular complexity index is 350. The van der Waals surface area contributed by atoms with Gasteiger partial charge in [-0.3, -0.25) is 4.79 Å². The zero-order valence-electron chi connectivity index (χ0n) is 13.4. The number of carboxylic acid groups (broad SMARTS) is 1. The lowest BCUT2D eigenvalue weighted by atomic mass is 9.93. The summed E-state index contributed by atoms with van der Waals surface area (Å²) in [5.41, 5.74) is -0.565. The molecule has 0 spiro atoms. The standard InChI is InChI=1S/C15H29N3O3/c1-4-18(5-2)11-12(3)16-14(21)17-15(10-13(19)20)8-6-7-9-15/h12H,4-11H2,1-3H3,(H,19,20)(H2,16,17,21). The number of hydrogen-bond donors (Lipinski definition) is 3. The number of amides is 2. The second kappa shape index (κ2) is 8.22. The average molecular weight is 299 g/mol. The molecule has 0 aromatic heterocycles. The molecule has 1 aliphatic carbocycles. The van der Waals surface area contributed by atoms with Crippen LogP contribution in [0.1, 0.15) is 52.9 Å². The molecule has 1 saturated carbocycles. The molecule has 1 unspecified atom stereocenters. The molecule has 0 aromatic carbocycles. The highest BCUT2D eigenvalue weighted by atomic mass is 16.4. The number of hydrogen-bond acceptors (Lipinski definition) is 3. The molecular weight excluding hydrogens is 270 g/mol. The van der Waals surface area contributed by atoms with Gasteiger partial charge in [0.15, 0.2) is 0 Å². The van der Waals surface area contributed by atoms with Crippen molar-refractivity contribution < 1.29 is 14.7 Å². The van der Waals surface area contributed by atoms with Gasteiger partial charge in [-0.05, 0) is 32.9 Å². The highest BCUT2D eigenvalue weighted by Gasteiger charge is 2.37. The van der Waals surface area contributed by atoms with E-state index in [1.807, 2.05) is 6.92 Å². The molecule has 0 heterocycles. The summed E-state index contributed by atoms with van der Waals surface area (Å²) in [6.45, 7) is 8.86. The Labute approximate surface area is 127 Å². The molecule has 0 radical (unpaired) electrons. The molecular formula is C15H29N3O3. The third kappa shape index (κ3) is 5.91. The summed E-state index contributed by atoms with van der Waals surface area (Å²) in [6.07, 6.45) is 3.45. The van der Waals surface area contributed by atoms with Crippen LogP contribution in [-0.2, 0) is 4.79 Å². The first-order valence-electron chi connectivity index (χ1n) is 7.93. The minimum absolute atomic E-state index is 0.00481. The first kappa shape index (κ1) is 17.8. The van der Waals surface area contributed by atoms with Gasteiger partial charge in [0.25, 0.3) is 0 Å². The van der Waals surface area contributed by atoms with Crippen LogP contribution in [0.3, 0.4) is 0 Å². The van der Waals surface area contributed by atoms with Crippen molar-refractivity contribution in [3.05, 3.63) is 0 Å². The Morgan fingerprint density at radius 3 is 2.29 bits per heavy atom. The van der Waals surface area contributed by atoms with E-state index < -0.39 is 11.5 Å². The first-order valence-corrected chi connectivity index (χ1v) is 7.93. The van der Waals surface area contributed by atoms with Crippen molar-refractivity contribution in [1.29, 1.82) is 0 Å². The second-order valence-electron chi connectivity index (χ2n) is 6.04. The van der Waals surface area contributed by atoms with Gasteiger partial charge in [0, 0.05) is 12.6 Å². The highest BCUT2D eigenvalue weighted by Crippen LogP contribution is 2.32. The van der Waals surface area contributed by atoms with Gasteiger partial charge in [0.1, 0.15) is 0 Å². The molecule has 6 nitrogen and oxygen atoms in total. The molecule has 1 aliphatic rings. The van der Waals surface area contributed by atoms with Gasteiger partial charge in [-0.25, -0.2) is 4.79 Å². The van der Waals surface area contributed by atoms with Gasteiger partial charge < -0.3 is 20.6 Å². The van der Waals surface area contributed by atoms with E-state index in [1.54, 1.807) is 0 Å². The predicted molar refractivity (Wildman–Crippen MR) is 82.4 cm³/mol. The van der Waals surface area contributed by atoms with E-state index in [-0.39, 0.29) is 18.5 Å². The van der Waals surface area contributed by atoms with Crippen LogP contribution in [0.5, 0.6) is 0 Å². The van der Waals surface area contributed by atoms with Crippen molar-refractivity contribution in [3.8, 4) is 0 Å². The maximum absolute atomic E-state index is 12.1. The van der Waals surface area contributed by atoms with Crippen LogP contribution >= 0.6 is 0 Å². The molecule has 0 saturated heterocycles. The van der Waals surface area contributed by atoms with Crippen molar-refractivity contribution >= 4 is 12.0 Å². The third-order valence-electron chi connectivity index (χ3n) is 4.23. The number of carboxylic acids is 1. The molecule has 0 aromatic rings. The zero-order chi connectivity index (χ0) is 15.9. The Balaban J connectivity index is 2.48. The fourth-order valence-corrected chi connectivity index (χ4v) is 3.10. The quantitative estimate of drug-likeness (QED) is 0.638. The summed E-state index contributed by atoms with van der Waals surface area (Å²) in [7, 11) is 0. The van der Waals surface area contributed by atoms with Crippen molar-refractivity contribution in [2.45, 2.75) is 64.5 Å². The average Bonchev–Trinajstić information content (AvgIpc) is 2.82. The summed E-state index contributed by atoms with van der Waals surface area (Å²) in [4.78, 5) is 25.4. The summed E-state index contributed by atoms with van der Waals surface area (Å²) >= 11 is 0. The predicted octanol–water partition coefficient (Wildman–Crippen LogP) is 1.80. The van der Waals surface area contributed by atoms with E-state index in [9.17, 15) is 9.59 Å². The summed E-state index contributed by atoms with van der Waals surface area (Å²) in [6, 6.07) is -0.217. The smallest absolute Gasteiger partial charge is 0.315 e. The van der Waals surface area contributed by atoms with E-state index in [1.165, 1.54) is 0 Å². The van der Waals surface area contributed by atoms with Gasteiger partial charge in [0.2, 0.25) is 0 Å². The van der Waals surface area contributed by atoms with Crippen LogP contribution in [-0.4, -0.2) is 53.2 Å². The monoisotopic (exact) mass is 299 g/mol. The Kier molecular flexibility index (Phi) is 6.95. The van der Waals surface area contributed by atoms with E-state index in [0.717, 1.165) is 45.3 Å². The fourth-order valence-electron chi connectivity index (χ4n) is 3.10. The van der Waals surface area contributed by atoms with E-state index in [2.05, 4.69) is 29.4 Å². The number of carbonyl (C=O) groups is 2. The minimum Gasteiger partial charge on any atom is -0.481 e. The molecule has 1 rings (SSSR count). The van der Waals surface area contributed by atoms with Crippen molar-refractivity contribution in [2.24, 2.45) is 0 Å². The number of aliphatic carboxylic acids is 1. The molecule has 0 bridgehead atoms. The molecule has 0 aliphatic heterocycles. The summed E-state index contributed by atoms with van der Waals surface area (Å²) < 4.78 is 0.